The number of aromatic nitrogens is 1. The van der Waals surface area contributed by atoms with Crippen molar-refractivity contribution in [1.29, 1.82) is 0 Å². The summed E-state index contributed by atoms with van der Waals surface area (Å²) in [6, 6.07) is 11.1. The molecule has 0 radical (unpaired) electrons. The van der Waals surface area contributed by atoms with Crippen LogP contribution in [0.5, 0.6) is 11.5 Å². The maximum atomic E-state index is 12.6. The molecule has 0 saturated heterocycles. The Morgan fingerprint density at radius 1 is 1.11 bits per heavy atom. The van der Waals surface area contributed by atoms with Crippen molar-refractivity contribution in [3.63, 3.8) is 0 Å². The van der Waals surface area contributed by atoms with Gasteiger partial charge in [0, 0.05) is 16.5 Å². The Balaban J connectivity index is 1.78. The van der Waals surface area contributed by atoms with Gasteiger partial charge in [0.1, 0.15) is 17.2 Å². The molecular weight excluding hydrogens is 378 g/mol. The topological polar surface area (TPSA) is 74.7 Å². The van der Waals surface area contributed by atoms with E-state index in [-0.39, 0.29) is 23.5 Å². The van der Waals surface area contributed by atoms with Crippen molar-refractivity contribution >= 4 is 23.6 Å². The molecule has 0 saturated carbocycles. The molecule has 0 atom stereocenters. The molecule has 6 nitrogen and oxygen atoms in total. The molecule has 0 N–H and O–H groups in total. The second-order valence-electron chi connectivity index (χ2n) is 5.97. The number of hydrogen-bond acceptors (Lipinski definition) is 7. The molecule has 0 aliphatic carbocycles. The lowest BCUT2D eigenvalue weighted by molar-refractivity contribution is 0.0462. The van der Waals surface area contributed by atoms with Crippen LogP contribution in [-0.2, 0) is 11.3 Å². The van der Waals surface area contributed by atoms with E-state index in [1.807, 2.05) is 36.6 Å². The minimum atomic E-state index is -0.678. The van der Waals surface area contributed by atoms with Gasteiger partial charge in [-0.25, -0.2) is 9.78 Å². The van der Waals surface area contributed by atoms with Gasteiger partial charge in [-0.1, -0.05) is 29.8 Å². The summed E-state index contributed by atoms with van der Waals surface area (Å²) in [5, 5.41) is 2.69. The Morgan fingerprint density at radius 2 is 1.86 bits per heavy atom. The summed E-state index contributed by atoms with van der Waals surface area (Å²) in [6.07, 6.45) is 0.580. The maximum absolute atomic E-state index is 12.6. The highest BCUT2D eigenvalue weighted by Crippen LogP contribution is 2.33. The summed E-state index contributed by atoms with van der Waals surface area (Å²) in [5.74, 6) is -0.172. The lowest BCUT2D eigenvalue weighted by atomic mass is 10.1. The van der Waals surface area contributed by atoms with E-state index in [9.17, 15) is 9.59 Å². The highest BCUT2D eigenvalue weighted by atomic mass is 32.1. The van der Waals surface area contributed by atoms with Crippen LogP contribution >= 0.6 is 11.3 Å². The van der Waals surface area contributed by atoms with Crippen LogP contribution in [0.25, 0.3) is 10.6 Å². The third kappa shape index (κ3) is 4.04. The number of nitrogens with zero attached hydrogens (tertiary/aromatic N) is 1. The molecule has 0 bridgehead atoms. The van der Waals surface area contributed by atoms with Crippen molar-refractivity contribution in [2.45, 2.75) is 13.5 Å². The van der Waals surface area contributed by atoms with Gasteiger partial charge in [0.05, 0.1) is 19.9 Å². The first-order valence-electron chi connectivity index (χ1n) is 8.46. The Labute approximate surface area is 166 Å². The molecule has 0 spiro atoms. The van der Waals surface area contributed by atoms with E-state index in [1.54, 1.807) is 6.07 Å². The zero-order valence-corrected chi connectivity index (χ0v) is 16.5. The van der Waals surface area contributed by atoms with Crippen molar-refractivity contribution in [3.8, 4) is 22.1 Å². The SMILES string of the molecule is COc1ccc(C=O)c(C(=O)OCc2csc(-c3ccc(C)cc3)n2)c1OC. The van der Waals surface area contributed by atoms with Crippen LogP contribution in [0.15, 0.2) is 41.8 Å². The van der Waals surface area contributed by atoms with Crippen molar-refractivity contribution in [2.24, 2.45) is 0 Å². The van der Waals surface area contributed by atoms with Gasteiger partial charge < -0.3 is 14.2 Å². The van der Waals surface area contributed by atoms with Crippen LogP contribution in [0, 0.1) is 6.92 Å². The summed E-state index contributed by atoms with van der Waals surface area (Å²) in [4.78, 5) is 28.5. The number of esters is 1. The molecule has 2 aromatic carbocycles. The van der Waals surface area contributed by atoms with E-state index in [0.29, 0.717) is 17.7 Å². The molecule has 0 aliphatic rings. The number of benzene rings is 2. The van der Waals surface area contributed by atoms with E-state index in [4.69, 9.17) is 14.2 Å². The molecule has 144 valence electrons. The highest BCUT2D eigenvalue weighted by molar-refractivity contribution is 7.13. The number of carbonyl (C=O) groups is 2. The van der Waals surface area contributed by atoms with Crippen molar-refractivity contribution in [3.05, 3.63) is 64.2 Å². The highest BCUT2D eigenvalue weighted by Gasteiger charge is 2.23. The molecule has 28 heavy (non-hydrogen) atoms. The standard InChI is InChI=1S/C21H19NO5S/c1-13-4-6-14(7-5-13)20-22-16(12-28-20)11-27-21(24)18-15(10-23)8-9-17(25-2)19(18)26-3/h4-10,12H,11H2,1-3H3. The number of aldehydes is 1. The number of hydrogen-bond donors (Lipinski definition) is 0. The van der Waals surface area contributed by atoms with Gasteiger partial charge in [-0.15, -0.1) is 11.3 Å². The monoisotopic (exact) mass is 397 g/mol. The maximum Gasteiger partial charge on any atom is 0.343 e. The lowest BCUT2D eigenvalue weighted by Crippen LogP contribution is -2.11. The number of rotatable bonds is 7. The van der Waals surface area contributed by atoms with Crippen LogP contribution in [0.4, 0.5) is 0 Å². The van der Waals surface area contributed by atoms with Crippen LogP contribution in [0.3, 0.4) is 0 Å². The number of aryl methyl sites for hydroxylation is 1. The fourth-order valence-electron chi connectivity index (χ4n) is 2.66. The molecular formula is C21H19NO5S. The fraction of sp³-hybridized carbons (Fsp3) is 0.190. The van der Waals surface area contributed by atoms with E-state index in [2.05, 4.69) is 4.98 Å². The molecule has 0 fully saturated rings. The molecule has 0 aliphatic heterocycles. The Bertz CT molecular complexity index is 995. The molecule has 0 amide bonds. The average molecular weight is 397 g/mol. The number of methoxy groups -OCH3 is 2. The minimum Gasteiger partial charge on any atom is -0.493 e. The summed E-state index contributed by atoms with van der Waals surface area (Å²) >= 11 is 1.47. The molecule has 1 aromatic heterocycles. The molecule has 1 heterocycles. The van der Waals surface area contributed by atoms with Gasteiger partial charge in [-0.3, -0.25) is 4.79 Å². The van der Waals surface area contributed by atoms with E-state index in [1.165, 1.54) is 37.2 Å². The Kier molecular flexibility index (Phi) is 6.06. The largest absolute Gasteiger partial charge is 0.493 e. The second-order valence-corrected chi connectivity index (χ2v) is 6.83. The second kappa shape index (κ2) is 8.67. The predicted molar refractivity (Wildman–Crippen MR) is 106 cm³/mol. The van der Waals surface area contributed by atoms with Crippen molar-refractivity contribution in [1.82, 2.24) is 4.98 Å². The molecule has 7 heteroatoms. The van der Waals surface area contributed by atoms with Gasteiger partial charge in [-0.2, -0.15) is 0 Å². The first-order valence-corrected chi connectivity index (χ1v) is 9.34. The van der Waals surface area contributed by atoms with Gasteiger partial charge in [-0.05, 0) is 19.1 Å². The summed E-state index contributed by atoms with van der Waals surface area (Å²) in [7, 11) is 2.85. The fourth-order valence-corrected chi connectivity index (χ4v) is 3.48. The smallest absolute Gasteiger partial charge is 0.343 e. The molecule has 3 rings (SSSR count). The summed E-state index contributed by atoms with van der Waals surface area (Å²) in [5.41, 5.74) is 3.01. The number of carbonyl (C=O) groups excluding carboxylic acids is 2. The van der Waals surface area contributed by atoms with E-state index in [0.717, 1.165) is 10.6 Å². The third-order valence-corrected chi connectivity index (χ3v) is 5.05. The first-order chi connectivity index (χ1) is 13.6. The number of thiazole rings is 1. The van der Waals surface area contributed by atoms with Crippen LogP contribution in [-0.4, -0.2) is 31.5 Å². The van der Waals surface area contributed by atoms with E-state index < -0.39 is 5.97 Å². The van der Waals surface area contributed by atoms with Gasteiger partial charge in [0.2, 0.25) is 0 Å². The summed E-state index contributed by atoms with van der Waals surface area (Å²) < 4.78 is 15.8. The van der Waals surface area contributed by atoms with Gasteiger partial charge in [0.15, 0.2) is 17.8 Å². The zero-order chi connectivity index (χ0) is 20.1. The van der Waals surface area contributed by atoms with Gasteiger partial charge in [0.25, 0.3) is 0 Å². The van der Waals surface area contributed by atoms with Crippen LogP contribution in [0.2, 0.25) is 0 Å². The van der Waals surface area contributed by atoms with Crippen molar-refractivity contribution < 1.29 is 23.8 Å². The average Bonchev–Trinajstić information content (AvgIpc) is 3.20. The van der Waals surface area contributed by atoms with Crippen molar-refractivity contribution in [2.75, 3.05) is 14.2 Å². The third-order valence-electron chi connectivity index (χ3n) is 4.11. The first kappa shape index (κ1) is 19.6. The van der Waals surface area contributed by atoms with Crippen LogP contribution < -0.4 is 9.47 Å². The normalized spacial score (nSPS) is 10.4. The minimum absolute atomic E-state index is 0.0140. The van der Waals surface area contributed by atoms with Crippen LogP contribution in [0.1, 0.15) is 32.0 Å². The van der Waals surface area contributed by atoms with E-state index >= 15 is 0 Å². The quantitative estimate of drug-likeness (QED) is 0.437. The summed E-state index contributed by atoms with van der Waals surface area (Å²) in [6.45, 7) is 2.01. The van der Waals surface area contributed by atoms with Gasteiger partial charge >= 0.3 is 5.97 Å². The number of ether oxygens (including phenoxy) is 3. The molecule has 3 aromatic rings. The lowest BCUT2D eigenvalue weighted by Gasteiger charge is -2.13. The molecule has 0 unspecified atom stereocenters. The Hall–Kier alpha value is -3.19. The predicted octanol–water partition coefficient (Wildman–Crippen LogP) is 4.31. The Morgan fingerprint density at radius 3 is 2.50 bits per heavy atom. The zero-order valence-electron chi connectivity index (χ0n) is 15.7.